The first-order valence-electron chi connectivity index (χ1n) is 11.0. The van der Waals surface area contributed by atoms with E-state index in [1.165, 1.54) is 64.5 Å². The number of fused-ring (bicyclic) bond motifs is 4. The molecule has 7 unspecified atom stereocenters. The van der Waals surface area contributed by atoms with Crippen LogP contribution in [-0.2, 0) is 0 Å². The van der Waals surface area contributed by atoms with E-state index in [0.29, 0.717) is 16.2 Å². The molecule has 1 N–H and O–H groups in total. The zero-order valence-electron chi connectivity index (χ0n) is 16.9. The van der Waals surface area contributed by atoms with Crippen LogP contribution >= 0.6 is 0 Å². The van der Waals surface area contributed by atoms with Crippen LogP contribution in [0, 0.1) is 34.0 Å². The van der Waals surface area contributed by atoms with Gasteiger partial charge in [-0.3, -0.25) is 0 Å². The third kappa shape index (κ3) is 2.05. The Balaban J connectivity index is 1.51. The van der Waals surface area contributed by atoms with Crippen LogP contribution in [0.4, 0.5) is 0 Å². The van der Waals surface area contributed by atoms with Crippen LogP contribution in [0.1, 0.15) is 65.2 Å². The minimum Gasteiger partial charge on any atom is -0.316 e. The summed E-state index contributed by atoms with van der Waals surface area (Å²) in [5.41, 5.74) is 3.54. The molecular formula is C23H38N2. The van der Waals surface area contributed by atoms with Gasteiger partial charge in [-0.05, 0) is 106 Å². The van der Waals surface area contributed by atoms with E-state index in [-0.39, 0.29) is 0 Å². The lowest BCUT2D eigenvalue weighted by molar-refractivity contribution is -0.103. The summed E-state index contributed by atoms with van der Waals surface area (Å²) < 4.78 is 0. The second-order valence-corrected chi connectivity index (χ2v) is 11.0. The Kier molecular flexibility index (Phi) is 3.60. The molecule has 1 aliphatic heterocycles. The molecule has 2 heteroatoms. The molecule has 0 aromatic rings. The summed E-state index contributed by atoms with van der Waals surface area (Å²) in [6, 6.07) is 0.772. The highest BCUT2D eigenvalue weighted by molar-refractivity contribution is 5.29. The molecule has 5 aliphatic rings. The van der Waals surface area contributed by atoms with Gasteiger partial charge in [0.1, 0.15) is 0 Å². The maximum absolute atomic E-state index is 3.79. The summed E-state index contributed by atoms with van der Waals surface area (Å²) in [6.45, 7) is 7.99. The van der Waals surface area contributed by atoms with Gasteiger partial charge in [-0.1, -0.05) is 25.5 Å². The second kappa shape index (κ2) is 5.35. The normalized spacial score (nSPS) is 54.5. The van der Waals surface area contributed by atoms with E-state index in [1.807, 2.05) is 5.57 Å². The van der Waals surface area contributed by atoms with Gasteiger partial charge < -0.3 is 10.2 Å². The van der Waals surface area contributed by atoms with Gasteiger partial charge in [0, 0.05) is 12.6 Å². The first-order valence-corrected chi connectivity index (χ1v) is 11.0. The van der Waals surface area contributed by atoms with E-state index in [2.05, 4.69) is 44.2 Å². The zero-order valence-corrected chi connectivity index (χ0v) is 16.9. The lowest BCUT2D eigenvalue weighted by atomic mass is 9.41. The molecule has 1 spiro atoms. The van der Waals surface area contributed by atoms with E-state index in [4.69, 9.17) is 0 Å². The molecule has 140 valence electrons. The fourth-order valence-corrected chi connectivity index (χ4v) is 8.76. The predicted molar refractivity (Wildman–Crippen MR) is 104 cm³/mol. The highest BCUT2D eigenvalue weighted by atomic mass is 15.1. The van der Waals surface area contributed by atoms with E-state index in [0.717, 1.165) is 23.8 Å². The van der Waals surface area contributed by atoms with Gasteiger partial charge >= 0.3 is 0 Å². The zero-order chi connectivity index (χ0) is 17.4. The number of rotatable bonds is 1. The number of hydrogen-bond donors (Lipinski definition) is 1. The molecule has 3 saturated carbocycles. The highest BCUT2D eigenvalue weighted by Gasteiger charge is 2.65. The van der Waals surface area contributed by atoms with Crippen LogP contribution in [0.3, 0.4) is 0 Å². The van der Waals surface area contributed by atoms with Crippen molar-refractivity contribution in [3.05, 3.63) is 11.6 Å². The standard InChI is InChI=1S/C23H38N2/c1-21-11-8-18(25(3)4)13-16(21)7-10-22(2)19(21)9-12-23-15-24-14-17(23)5-6-20(22)23/h7,17-20,24H,5-6,8-15H2,1-4H3. The average Bonchev–Trinajstić information content (AvgIpc) is 3.11. The van der Waals surface area contributed by atoms with Crippen LogP contribution in [0.25, 0.3) is 0 Å². The maximum Gasteiger partial charge on any atom is 0.0127 e. The molecule has 0 aromatic heterocycles. The maximum atomic E-state index is 3.79. The summed E-state index contributed by atoms with van der Waals surface area (Å²) in [5.74, 6) is 2.89. The van der Waals surface area contributed by atoms with E-state index in [1.54, 1.807) is 0 Å². The first kappa shape index (κ1) is 16.8. The summed E-state index contributed by atoms with van der Waals surface area (Å²) in [7, 11) is 4.55. The minimum absolute atomic E-state index is 0.491. The number of nitrogens with zero attached hydrogens (tertiary/aromatic N) is 1. The molecule has 0 amide bonds. The Morgan fingerprint density at radius 1 is 1.04 bits per heavy atom. The van der Waals surface area contributed by atoms with Crippen LogP contribution in [0.15, 0.2) is 11.6 Å². The molecule has 1 saturated heterocycles. The van der Waals surface area contributed by atoms with Crippen molar-refractivity contribution in [2.45, 2.75) is 71.3 Å². The van der Waals surface area contributed by atoms with Crippen molar-refractivity contribution in [3.8, 4) is 0 Å². The number of hydrogen-bond acceptors (Lipinski definition) is 2. The van der Waals surface area contributed by atoms with Crippen LogP contribution < -0.4 is 5.32 Å². The summed E-state index contributed by atoms with van der Waals surface area (Å²) >= 11 is 0. The topological polar surface area (TPSA) is 15.3 Å². The lowest BCUT2D eigenvalue weighted by Crippen LogP contribution is -2.57. The largest absolute Gasteiger partial charge is 0.316 e. The lowest BCUT2D eigenvalue weighted by Gasteiger charge is -2.63. The summed E-state index contributed by atoms with van der Waals surface area (Å²) in [5, 5.41) is 3.79. The molecule has 0 bridgehead atoms. The van der Waals surface area contributed by atoms with Gasteiger partial charge in [0.05, 0.1) is 0 Å². The Morgan fingerprint density at radius 2 is 1.88 bits per heavy atom. The number of allylic oxidation sites excluding steroid dienone is 1. The minimum atomic E-state index is 0.491. The van der Waals surface area contributed by atoms with Gasteiger partial charge in [0.25, 0.3) is 0 Å². The van der Waals surface area contributed by atoms with Crippen LogP contribution in [0.5, 0.6) is 0 Å². The van der Waals surface area contributed by atoms with Crippen molar-refractivity contribution in [1.82, 2.24) is 10.2 Å². The fourth-order valence-electron chi connectivity index (χ4n) is 8.76. The molecule has 0 aromatic carbocycles. The molecule has 4 fully saturated rings. The molecule has 5 rings (SSSR count). The molecule has 1 heterocycles. The summed E-state index contributed by atoms with van der Waals surface area (Å²) in [4.78, 5) is 2.47. The molecule has 4 aliphatic carbocycles. The van der Waals surface area contributed by atoms with Crippen molar-refractivity contribution in [1.29, 1.82) is 0 Å². The van der Waals surface area contributed by atoms with E-state index < -0.39 is 0 Å². The third-order valence-corrected chi connectivity index (χ3v) is 10.1. The van der Waals surface area contributed by atoms with Crippen molar-refractivity contribution in [3.63, 3.8) is 0 Å². The van der Waals surface area contributed by atoms with Crippen molar-refractivity contribution >= 4 is 0 Å². The fraction of sp³-hybridized carbons (Fsp3) is 0.913. The highest BCUT2D eigenvalue weighted by Crippen LogP contribution is 2.71. The molecular weight excluding hydrogens is 304 g/mol. The van der Waals surface area contributed by atoms with Crippen LogP contribution in [-0.4, -0.2) is 38.1 Å². The van der Waals surface area contributed by atoms with Crippen molar-refractivity contribution in [2.24, 2.45) is 34.0 Å². The van der Waals surface area contributed by atoms with Gasteiger partial charge in [0.2, 0.25) is 0 Å². The van der Waals surface area contributed by atoms with Crippen molar-refractivity contribution in [2.75, 3.05) is 27.2 Å². The van der Waals surface area contributed by atoms with Gasteiger partial charge in [0.15, 0.2) is 0 Å². The molecule has 2 nitrogen and oxygen atoms in total. The van der Waals surface area contributed by atoms with E-state index >= 15 is 0 Å². The Bertz CT molecular complexity index is 595. The molecule has 0 radical (unpaired) electrons. The predicted octanol–water partition coefficient (Wildman–Crippen LogP) is 4.47. The molecule has 7 atom stereocenters. The van der Waals surface area contributed by atoms with Crippen LogP contribution in [0.2, 0.25) is 0 Å². The van der Waals surface area contributed by atoms with Gasteiger partial charge in [-0.2, -0.15) is 0 Å². The Hall–Kier alpha value is -0.340. The smallest absolute Gasteiger partial charge is 0.0127 e. The summed E-state index contributed by atoms with van der Waals surface area (Å²) in [6.07, 6.45) is 14.3. The number of nitrogens with one attached hydrogen (secondary N) is 1. The third-order valence-electron chi connectivity index (χ3n) is 10.1. The molecule has 25 heavy (non-hydrogen) atoms. The first-order chi connectivity index (χ1) is 11.9. The van der Waals surface area contributed by atoms with Crippen molar-refractivity contribution < 1.29 is 0 Å². The quantitative estimate of drug-likeness (QED) is 0.707. The monoisotopic (exact) mass is 342 g/mol. The Morgan fingerprint density at radius 3 is 2.68 bits per heavy atom. The van der Waals surface area contributed by atoms with Gasteiger partial charge in [-0.25, -0.2) is 0 Å². The van der Waals surface area contributed by atoms with Gasteiger partial charge in [-0.15, -0.1) is 0 Å². The van der Waals surface area contributed by atoms with E-state index in [9.17, 15) is 0 Å². The average molecular weight is 343 g/mol. The Labute approximate surface area is 154 Å². The second-order valence-electron chi connectivity index (χ2n) is 11.0. The SMILES string of the molecule is CN(C)C1CCC2(C)C(=CCC3(C)C2CCC24CNCC2CCC34)C1.